The van der Waals surface area contributed by atoms with Gasteiger partial charge in [-0.3, -0.25) is 4.79 Å². The summed E-state index contributed by atoms with van der Waals surface area (Å²) in [4.78, 5) is 19.1. The highest BCUT2D eigenvalue weighted by atomic mass is 32.1. The number of thiophene rings is 1. The highest BCUT2D eigenvalue weighted by Crippen LogP contribution is 2.43. The van der Waals surface area contributed by atoms with Gasteiger partial charge in [0, 0.05) is 27.2 Å². The number of benzene rings is 2. The summed E-state index contributed by atoms with van der Waals surface area (Å²) in [6, 6.07) is 18.6. The Hall–Kier alpha value is -2.43. The molecule has 1 atom stereocenters. The van der Waals surface area contributed by atoms with Crippen LogP contribution in [0, 0.1) is 0 Å². The van der Waals surface area contributed by atoms with Crippen LogP contribution in [0.1, 0.15) is 18.5 Å². The minimum atomic E-state index is -0.00640. The van der Waals surface area contributed by atoms with E-state index in [-0.39, 0.29) is 11.6 Å². The number of pyridine rings is 1. The van der Waals surface area contributed by atoms with E-state index in [1.165, 1.54) is 10.4 Å². The first-order chi connectivity index (χ1) is 12.1. The molecule has 0 bridgehead atoms. The number of rotatable bonds is 3. The van der Waals surface area contributed by atoms with Crippen LogP contribution in [-0.2, 0) is 0 Å². The maximum absolute atomic E-state index is 12.7. The van der Waals surface area contributed by atoms with Crippen molar-refractivity contribution in [2.75, 3.05) is 14.1 Å². The van der Waals surface area contributed by atoms with Crippen LogP contribution in [0.5, 0.6) is 0 Å². The van der Waals surface area contributed by atoms with Crippen LogP contribution in [0.3, 0.4) is 0 Å². The highest BCUT2D eigenvalue weighted by molar-refractivity contribution is 7.22. The number of aromatic amines is 1. The van der Waals surface area contributed by atoms with E-state index in [0.717, 1.165) is 26.6 Å². The van der Waals surface area contributed by atoms with E-state index in [1.54, 1.807) is 11.3 Å². The van der Waals surface area contributed by atoms with E-state index in [9.17, 15) is 4.79 Å². The van der Waals surface area contributed by atoms with Gasteiger partial charge in [0.05, 0.1) is 0 Å². The normalized spacial score (nSPS) is 13.0. The van der Waals surface area contributed by atoms with Crippen molar-refractivity contribution in [2.45, 2.75) is 13.0 Å². The van der Waals surface area contributed by atoms with E-state index in [4.69, 9.17) is 0 Å². The average molecular weight is 348 g/mol. The lowest BCUT2D eigenvalue weighted by molar-refractivity contribution is 0.324. The molecule has 2 heterocycles. The Morgan fingerprint density at radius 1 is 1.00 bits per heavy atom. The molecule has 0 saturated heterocycles. The number of nitrogens with one attached hydrogen (secondary N) is 1. The fraction of sp³-hybridized carbons (Fsp3) is 0.190. The Kier molecular flexibility index (Phi) is 3.94. The molecule has 2 aromatic carbocycles. The van der Waals surface area contributed by atoms with Crippen molar-refractivity contribution in [3.63, 3.8) is 0 Å². The van der Waals surface area contributed by atoms with Crippen LogP contribution in [-0.4, -0.2) is 24.0 Å². The molecule has 0 aliphatic heterocycles. The van der Waals surface area contributed by atoms with Crippen LogP contribution in [0.25, 0.3) is 31.4 Å². The Morgan fingerprint density at radius 3 is 2.40 bits per heavy atom. The molecule has 126 valence electrons. The predicted octanol–water partition coefficient (Wildman–Crippen LogP) is 5.03. The molecule has 0 radical (unpaired) electrons. The first-order valence-corrected chi connectivity index (χ1v) is 9.19. The zero-order valence-electron chi connectivity index (χ0n) is 14.5. The van der Waals surface area contributed by atoms with Crippen molar-refractivity contribution >= 4 is 32.3 Å². The molecule has 4 heteroatoms. The molecule has 1 N–H and O–H groups in total. The summed E-state index contributed by atoms with van der Waals surface area (Å²) in [6.45, 7) is 2.20. The third kappa shape index (κ3) is 2.58. The maximum atomic E-state index is 12.7. The molecule has 25 heavy (non-hydrogen) atoms. The first kappa shape index (κ1) is 16.1. The number of hydrogen-bond donors (Lipinski definition) is 1. The molecule has 3 nitrogen and oxygen atoms in total. The van der Waals surface area contributed by atoms with Gasteiger partial charge in [0.15, 0.2) is 0 Å². The summed E-state index contributed by atoms with van der Waals surface area (Å²) in [7, 11) is 4.16. The SMILES string of the molecule is CC(c1c(-c2ccccc2)sc2c(=O)[nH]c3ccccc3c12)N(C)C. The van der Waals surface area contributed by atoms with Crippen LogP contribution in [0.4, 0.5) is 0 Å². The van der Waals surface area contributed by atoms with Crippen molar-refractivity contribution in [1.82, 2.24) is 9.88 Å². The lowest BCUT2D eigenvalue weighted by Gasteiger charge is -2.22. The highest BCUT2D eigenvalue weighted by Gasteiger charge is 2.23. The maximum Gasteiger partial charge on any atom is 0.266 e. The van der Waals surface area contributed by atoms with Gasteiger partial charge in [-0.25, -0.2) is 0 Å². The second-order valence-corrected chi connectivity index (χ2v) is 7.57. The van der Waals surface area contributed by atoms with Crippen LogP contribution in [0.15, 0.2) is 59.4 Å². The van der Waals surface area contributed by atoms with Gasteiger partial charge in [-0.15, -0.1) is 11.3 Å². The molecule has 0 saturated carbocycles. The summed E-state index contributed by atoms with van der Waals surface area (Å²) < 4.78 is 0.807. The predicted molar refractivity (Wildman–Crippen MR) is 107 cm³/mol. The van der Waals surface area contributed by atoms with E-state index < -0.39 is 0 Å². The fourth-order valence-electron chi connectivity index (χ4n) is 3.32. The number of para-hydroxylation sites is 1. The minimum Gasteiger partial charge on any atom is -0.321 e. The second-order valence-electron chi connectivity index (χ2n) is 6.55. The Balaban J connectivity index is 2.20. The molecule has 4 rings (SSSR count). The summed E-state index contributed by atoms with van der Waals surface area (Å²) in [5, 5.41) is 2.20. The largest absolute Gasteiger partial charge is 0.321 e. The van der Waals surface area contributed by atoms with Gasteiger partial charge in [-0.2, -0.15) is 0 Å². The topological polar surface area (TPSA) is 36.1 Å². The van der Waals surface area contributed by atoms with Crippen LogP contribution >= 0.6 is 11.3 Å². The monoisotopic (exact) mass is 348 g/mol. The van der Waals surface area contributed by atoms with E-state index in [0.29, 0.717) is 0 Å². The molecular formula is C21H20N2OS. The number of aromatic nitrogens is 1. The smallest absolute Gasteiger partial charge is 0.266 e. The number of H-pyrrole nitrogens is 1. The minimum absolute atomic E-state index is 0.00640. The summed E-state index contributed by atoms with van der Waals surface area (Å²) >= 11 is 1.59. The van der Waals surface area contributed by atoms with Gasteiger partial charge in [-0.1, -0.05) is 48.5 Å². The Morgan fingerprint density at radius 2 is 1.68 bits per heavy atom. The van der Waals surface area contributed by atoms with Crippen molar-refractivity contribution in [1.29, 1.82) is 0 Å². The van der Waals surface area contributed by atoms with Gasteiger partial charge >= 0.3 is 0 Å². The lowest BCUT2D eigenvalue weighted by Crippen LogP contribution is -2.17. The molecule has 0 spiro atoms. The molecule has 0 amide bonds. The van der Waals surface area contributed by atoms with Crippen LogP contribution in [0.2, 0.25) is 0 Å². The van der Waals surface area contributed by atoms with Crippen molar-refractivity contribution in [2.24, 2.45) is 0 Å². The first-order valence-electron chi connectivity index (χ1n) is 8.37. The molecule has 4 aromatic rings. The zero-order valence-corrected chi connectivity index (χ0v) is 15.4. The summed E-state index contributed by atoms with van der Waals surface area (Å²) in [5.74, 6) is 0. The van der Waals surface area contributed by atoms with Gasteiger partial charge in [-0.05, 0) is 38.2 Å². The molecular weight excluding hydrogens is 328 g/mol. The van der Waals surface area contributed by atoms with Gasteiger partial charge in [0.25, 0.3) is 5.56 Å². The second kappa shape index (κ2) is 6.14. The number of hydrogen-bond acceptors (Lipinski definition) is 3. The Labute approximate surface area is 150 Å². The average Bonchev–Trinajstić information content (AvgIpc) is 3.03. The van der Waals surface area contributed by atoms with E-state index in [1.807, 2.05) is 36.4 Å². The number of fused-ring (bicyclic) bond motifs is 3. The summed E-state index contributed by atoms with van der Waals surface area (Å²) in [5.41, 5.74) is 3.28. The summed E-state index contributed by atoms with van der Waals surface area (Å²) in [6.07, 6.45) is 0. The fourth-order valence-corrected chi connectivity index (χ4v) is 4.63. The third-order valence-electron chi connectivity index (χ3n) is 4.82. The third-order valence-corrected chi connectivity index (χ3v) is 6.08. The molecule has 0 aliphatic rings. The van der Waals surface area contributed by atoms with Crippen molar-refractivity contribution in [3.05, 3.63) is 70.5 Å². The standard InChI is InChI=1S/C21H20N2OS/c1-13(23(2)3)17-18-15-11-7-8-12-16(15)22-21(24)20(18)25-19(17)14-9-5-4-6-10-14/h4-13H,1-3H3,(H,22,24). The quantitative estimate of drug-likeness (QED) is 0.563. The van der Waals surface area contributed by atoms with Crippen molar-refractivity contribution < 1.29 is 0 Å². The number of nitrogens with zero attached hydrogens (tertiary/aromatic N) is 1. The lowest BCUT2D eigenvalue weighted by atomic mass is 9.97. The molecule has 2 aromatic heterocycles. The molecule has 0 fully saturated rings. The Bertz CT molecular complexity index is 1110. The van der Waals surface area contributed by atoms with Crippen molar-refractivity contribution in [3.8, 4) is 10.4 Å². The van der Waals surface area contributed by atoms with Crippen LogP contribution < -0.4 is 5.56 Å². The van der Waals surface area contributed by atoms with Gasteiger partial charge in [0.1, 0.15) is 4.70 Å². The van der Waals surface area contributed by atoms with Gasteiger partial charge in [0.2, 0.25) is 0 Å². The van der Waals surface area contributed by atoms with Gasteiger partial charge < -0.3 is 9.88 Å². The molecule has 0 aliphatic carbocycles. The van der Waals surface area contributed by atoms with E-state index >= 15 is 0 Å². The molecule has 1 unspecified atom stereocenters. The zero-order chi connectivity index (χ0) is 17.6. The van der Waals surface area contributed by atoms with E-state index in [2.05, 4.69) is 49.1 Å².